The van der Waals surface area contributed by atoms with Gasteiger partial charge in [0, 0.05) is 18.8 Å². The van der Waals surface area contributed by atoms with E-state index < -0.39 is 29.4 Å². The standard InChI is InChI=1S/C17H15F2N3O2/c18-11-4-5-15(14(19)9-11)22-8-6-13(17(22)24)16(23)21-10-12-3-1-2-7-20-12/h1-5,7,9,13H,6,8,10H2,(H,21,23)/t13-/m1/s1. The van der Waals surface area contributed by atoms with Crippen LogP contribution in [0.25, 0.3) is 0 Å². The van der Waals surface area contributed by atoms with E-state index in [0.29, 0.717) is 5.69 Å². The highest BCUT2D eigenvalue weighted by atomic mass is 19.1. The van der Waals surface area contributed by atoms with Crippen molar-refractivity contribution in [1.82, 2.24) is 10.3 Å². The van der Waals surface area contributed by atoms with E-state index in [1.807, 2.05) is 0 Å². The number of nitrogens with one attached hydrogen (secondary N) is 1. The molecule has 1 N–H and O–H groups in total. The molecule has 1 aliphatic rings. The van der Waals surface area contributed by atoms with Crippen LogP contribution in [0.4, 0.5) is 14.5 Å². The van der Waals surface area contributed by atoms with Crippen LogP contribution >= 0.6 is 0 Å². The molecule has 0 radical (unpaired) electrons. The summed E-state index contributed by atoms with van der Waals surface area (Å²) in [5.74, 6) is -3.32. The quantitative estimate of drug-likeness (QED) is 0.872. The summed E-state index contributed by atoms with van der Waals surface area (Å²) in [4.78, 5) is 29.9. The number of nitrogens with zero attached hydrogens (tertiary/aromatic N) is 2. The molecule has 3 rings (SSSR count). The zero-order valence-electron chi connectivity index (χ0n) is 12.7. The minimum absolute atomic E-state index is 0.0126. The van der Waals surface area contributed by atoms with Crippen LogP contribution in [0.15, 0.2) is 42.6 Å². The Morgan fingerprint density at radius 1 is 1.29 bits per heavy atom. The lowest BCUT2D eigenvalue weighted by atomic mass is 10.1. The van der Waals surface area contributed by atoms with Gasteiger partial charge in [-0.25, -0.2) is 8.78 Å². The molecule has 2 amide bonds. The van der Waals surface area contributed by atoms with Gasteiger partial charge in [-0.1, -0.05) is 6.07 Å². The van der Waals surface area contributed by atoms with Gasteiger partial charge >= 0.3 is 0 Å². The van der Waals surface area contributed by atoms with Gasteiger partial charge in [0.2, 0.25) is 11.8 Å². The summed E-state index contributed by atoms with van der Waals surface area (Å²) in [5, 5.41) is 2.66. The summed E-state index contributed by atoms with van der Waals surface area (Å²) in [6.07, 6.45) is 1.89. The first-order chi connectivity index (χ1) is 11.6. The number of benzene rings is 1. The number of halogens is 2. The summed E-state index contributed by atoms with van der Waals surface area (Å²) in [5.41, 5.74) is 0.666. The number of aromatic nitrogens is 1. The molecular formula is C17H15F2N3O2. The van der Waals surface area contributed by atoms with E-state index in [0.717, 1.165) is 12.1 Å². The lowest BCUT2D eigenvalue weighted by Crippen LogP contribution is -2.37. The number of carbonyl (C=O) groups excluding carboxylic acids is 2. The maximum atomic E-state index is 13.8. The fourth-order valence-corrected chi connectivity index (χ4v) is 2.67. The normalized spacial score (nSPS) is 17.2. The Morgan fingerprint density at radius 2 is 2.12 bits per heavy atom. The van der Waals surface area contributed by atoms with Crippen LogP contribution in [0.2, 0.25) is 0 Å². The van der Waals surface area contributed by atoms with Crippen molar-refractivity contribution in [3.63, 3.8) is 0 Å². The highest BCUT2D eigenvalue weighted by molar-refractivity contribution is 6.09. The van der Waals surface area contributed by atoms with Crippen molar-refractivity contribution in [2.45, 2.75) is 13.0 Å². The molecule has 1 atom stereocenters. The summed E-state index contributed by atoms with van der Waals surface area (Å²) in [6, 6.07) is 8.33. The molecule has 5 nitrogen and oxygen atoms in total. The number of hydrogen-bond donors (Lipinski definition) is 1. The van der Waals surface area contributed by atoms with Crippen LogP contribution in [0, 0.1) is 17.6 Å². The van der Waals surface area contributed by atoms with Crippen LogP contribution in [-0.2, 0) is 16.1 Å². The third-order valence-electron chi connectivity index (χ3n) is 3.89. The average Bonchev–Trinajstić information content (AvgIpc) is 2.95. The van der Waals surface area contributed by atoms with Gasteiger partial charge in [-0.3, -0.25) is 14.6 Å². The molecule has 0 bridgehead atoms. The third-order valence-corrected chi connectivity index (χ3v) is 3.89. The van der Waals surface area contributed by atoms with Gasteiger partial charge in [-0.2, -0.15) is 0 Å². The van der Waals surface area contributed by atoms with Gasteiger partial charge in [0.05, 0.1) is 17.9 Å². The molecular weight excluding hydrogens is 316 g/mol. The van der Waals surface area contributed by atoms with Crippen molar-refractivity contribution in [3.05, 3.63) is 59.9 Å². The number of rotatable bonds is 4. The molecule has 0 saturated carbocycles. The largest absolute Gasteiger partial charge is 0.350 e. The molecule has 1 aromatic heterocycles. The van der Waals surface area contributed by atoms with Crippen molar-refractivity contribution in [2.24, 2.45) is 5.92 Å². The second-order valence-electron chi connectivity index (χ2n) is 5.47. The molecule has 1 saturated heterocycles. The van der Waals surface area contributed by atoms with E-state index in [9.17, 15) is 18.4 Å². The lowest BCUT2D eigenvalue weighted by Gasteiger charge is -2.17. The molecule has 1 aromatic carbocycles. The summed E-state index contributed by atoms with van der Waals surface area (Å²) in [7, 11) is 0. The van der Waals surface area contributed by atoms with E-state index >= 15 is 0 Å². The Labute approximate surface area is 137 Å². The molecule has 0 spiro atoms. The fraction of sp³-hybridized carbons (Fsp3) is 0.235. The predicted molar refractivity (Wildman–Crippen MR) is 82.9 cm³/mol. The SMILES string of the molecule is O=C(NCc1ccccn1)[C@H]1CCN(c2ccc(F)cc2F)C1=O. The minimum atomic E-state index is -0.877. The Morgan fingerprint density at radius 3 is 2.83 bits per heavy atom. The number of amides is 2. The smallest absolute Gasteiger partial charge is 0.239 e. The van der Waals surface area contributed by atoms with E-state index in [1.54, 1.807) is 24.4 Å². The molecule has 124 valence electrons. The fourth-order valence-electron chi connectivity index (χ4n) is 2.67. The van der Waals surface area contributed by atoms with E-state index in [4.69, 9.17) is 0 Å². The molecule has 2 aromatic rings. The Kier molecular flexibility index (Phi) is 4.50. The topological polar surface area (TPSA) is 62.3 Å². The highest BCUT2D eigenvalue weighted by Crippen LogP contribution is 2.28. The summed E-state index contributed by atoms with van der Waals surface area (Å²) >= 11 is 0. The molecule has 7 heteroatoms. The highest BCUT2D eigenvalue weighted by Gasteiger charge is 2.38. The van der Waals surface area contributed by atoms with E-state index in [2.05, 4.69) is 10.3 Å². The van der Waals surface area contributed by atoms with Crippen molar-refractivity contribution < 1.29 is 18.4 Å². The third kappa shape index (κ3) is 3.24. The van der Waals surface area contributed by atoms with Gasteiger partial charge in [0.1, 0.15) is 17.6 Å². The summed E-state index contributed by atoms with van der Waals surface area (Å²) in [6.45, 7) is 0.428. The predicted octanol–water partition coefficient (Wildman–Crippen LogP) is 2.03. The lowest BCUT2D eigenvalue weighted by molar-refractivity contribution is -0.132. The number of hydrogen-bond acceptors (Lipinski definition) is 3. The number of pyridine rings is 1. The van der Waals surface area contributed by atoms with E-state index in [-0.39, 0.29) is 25.2 Å². The average molecular weight is 331 g/mol. The molecule has 1 aliphatic heterocycles. The maximum absolute atomic E-state index is 13.8. The second-order valence-corrected chi connectivity index (χ2v) is 5.47. The van der Waals surface area contributed by atoms with Gasteiger partial charge in [-0.15, -0.1) is 0 Å². The first kappa shape index (κ1) is 16.0. The molecule has 2 heterocycles. The van der Waals surface area contributed by atoms with E-state index in [1.165, 1.54) is 11.0 Å². The second kappa shape index (κ2) is 6.74. The first-order valence-corrected chi connectivity index (χ1v) is 7.50. The van der Waals surface area contributed by atoms with Crippen LogP contribution in [0.3, 0.4) is 0 Å². The van der Waals surface area contributed by atoms with Crippen LogP contribution in [-0.4, -0.2) is 23.3 Å². The molecule has 0 aliphatic carbocycles. The van der Waals surface area contributed by atoms with Crippen molar-refractivity contribution in [1.29, 1.82) is 0 Å². The number of carbonyl (C=O) groups is 2. The Balaban J connectivity index is 1.66. The Bertz CT molecular complexity index is 768. The van der Waals surface area contributed by atoms with Gasteiger partial charge in [-0.05, 0) is 30.7 Å². The molecule has 0 unspecified atom stereocenters. The number of anilines is 1. The van der Waals surface area contributed by atoms with Gasteiger partial charge < -0.3 is 10.2 Å². The van der Waals surface area contributed by atoms with Crippen molar-refractivity contribution in [3.8, 4) is 0 Å². The minimum Gasteiger partial charge on any atom is -0.350 e. The molecule has 1 fully saturated rings. The molecule has 24 heavy (non-hydrogen) atoms. The monoisotopic (exact) mass is 331 g/mol. The van der Waals surface area contributed by atoms with Crippen LogP contribution in [0.5, 0.6) is 0 Å². The van der Waals surface area contributed by atoms with Crippen LogP contribution < -0.4 is 10.2 Å². The zero-order chi connectivity index (χ0) is 17.1. The van der Waals surface area contributed by atoms with Gasteiger partial charge in [0.25, 0.3) is 0 Å². The van der Waals surface area contributed by atoms with Crippen molar-refractivity contribution in [2.75, 3.05) is 11.4 Å². The summed E-state index contributed by atoms with van der Waals surface area (Å²) < 4.78 is 26.8. The zero-order valence-corrected chi connectivity index (χ0v) is 12.7. The van der Waals surface area contributed by atoms with Gasteiger partial charge in [0.15, 0.2) is 0 Å². The Hall–Kier alpha value is -2.83. The van der Waals surface area contributed by atoms with Crippen LogP contribution in [0.1, 0.15) is 12.1 Å². The van der Waals surface area contributed by atoms with Crippen molar-refractivity contribution >= 4 is 17.5 Å². The maximum Gasteiger partial charge on any atom is 0.239 e. The first-order valence-electron chi connectivity index (χ1n) is 7.50.